The lowest BCUT2D eigenvalue weighted by Crippen LogP contribution is -2.31. The smallest absolute Gasteiger partial charge is 0.273 e. The number of fused-ring (bicyclic) bond motifs is 1. The fourth-order valence-electron chi connectivity index (χ4n) is 3.69. The average molecular weight is 354 g/mol. The number of aromatic nitrogens is 5. The van der Waals surface area contributed by atoms with E-state index in [0.717, 1.165) is 23.4 Å². The lowest BCUT2D eigenvalue weighted by molar-refractivity contribution is 0.0838. The van der Waals surface area contributed by atoms with E-state index in [4.69, 9.17) is 4.74 Å². The molecule has 8 heteroatoms. The molecule has 26 heavy (non-hydrogen) atoms. The van der Waals surface area contributed by atoms with Crippen LogP contribution in [0.4, 0.5) is 0 Å². The van der Waals surface area contributed by atoms with Crippen LogP contribution in [0.1, 0.15) is 40.0 Å². The first-order chi connectivity index (χ1) is 12.6. The molecule has 1 saturated heterocycles. The number of hydrogen-bond acceptors (Lipinski definition) is 5. The summed E-state index contributed by atoms with van der Waals surface area (Å²) in [5, 5.41) is 7.50. The Morgan fingerprint density at radius 2 is 2.08 bits per heavy atom. The van der Waals surface area contributed by atoms with Crippen LogP contribution in [-0.4, -0.2) is 43.2 Å². The highest BCUT2D eigenvalue weighted by Crippen LogP contribution is 2.37. The minimum atomic E-state index is -0.216. The summed E-state index contributed by atoms with van der Waals surface area (Å²) in [5.41, 5.74) is 4.12. The van der Waals surface area contributed by atoms with Gasteiger partial charge in [0, 0.05) is 62.2 Å². The lowest BCUT2D eigenvalue weighted by atomic mass is 9.94. The molecule has 0 bridgehead atoms. The van der Waals surface area contributed by atoms with E-state index in [-0.39, 0.29) is 17.9 Å². The maximum absolute atomic E-state index is 12.6. The predicted octanol–water partition coefficient (Wildman–Crippen LogP) is 1.59. The molecule has 1 amide bonds. The van der Waals surface area contributed by atoms with Gasteiger partial charge in [-0.05, 0) is 20.3 Å². The largest absolute Gasteiger partial charge is 0.373 e. The first-order valence-electron chi connectivity index (χ1n) is 8.74. The summed E-state index contributed by atoms with van der Waals surface area (Å²) in [6.07, 6.45) is 7.69. The predicted molar refractivity (Wildman–Crippen MR) is 94.8 cm³/mol. The molecule has 1 aliphatic rings. The normalized spacial score (nSPS) is 20.0. The molecule has 0 saturated carbocycles. The van der Waals surface area contributed by atoms with Crippen molar-refractivity contribution in [2.24, 2.45) is 13.0 Å². The van der Waals surface area contributed by atoms with E-state index in [1.165, 1.54) is 0 Å². The van der Waals surface area contributed by atoms with Gasteiger partial charge in [0.1, 0.15) is 0 Å². The Balaban J connectivity index is 1.50. The van der Waals surface area contributed by atoms with Crippen LogP contribution < -0.4 is 5.32 Å². The van der Waals surface area contributed by atoms with Gasteiger partial charge in [-0.2, -0.15) is 5.10 Å². The number of carbonyl (C=O) groups is 1. The number of carbonyl (C=O) groups excluding carboxylic acids is 1. The second-order valence-electron chi connectivity index (χ2n) is 6.69. The van der Waals surface area contributed by atoms with Crippen LogP contribution in [0.2, 0.25) is 0 Å². The molecule has 2 atom stereocenters. The molecule has 4 heterocycles. The summed E-state index contributed by atoms with van der Waals surface area (Å²) in [4.78, 5) is 21.0. The molecular weight excluding hydrogens is 332 g/mol. The van der Waals surface area contributed by atoms with Gasteiger partial charge in [0.15, 0.2) is 11.3 Å². The van der Waals surface area contributed by atoms with E-state index < -0.39 is 0 Å². The van der Waals surface area contributed by atoms with Crippen LogP contribution in [0.15, 0.2) is 24.8 Å². The molecular formula is C18H22N6O2. The zero-order valence-corrected chi connectivity index (χ0v) is 15.1. The highest BCUT2D eigenvalue weighted by atomic mass is 16.5. The number of nitrogens with one attached hydrogen (secondary N) is 1. The van der Waals surface area contributed by atoms with Gasteiger partial charge in [-0.15, -0.1) is 0 Å². The summed E-state index contributed by atoms with van der Waals surface area (Å²) in [7, 11) is 1.94. The maximum atomic E-state index is 12.6. The Labute approximate surface area is 151 Å². The molecule has 1 fully saturated rings. The molecule has 0 aliphatic carbocycles. The van der Waals surface area contributed by atoms with Crippen molar-refractivity contribution in [1.29, 1.82) is 0 Å². The van der Waals surface area contributed by atoms with E-state index in [2.05, 4.69) is 27.3 Å². The maximum Gasteiger partial charge on any atom is 0.273 e. The van der Waals surface area contributed by atoms with Crippen LogP contribution in [-0.2, 0) is 11.8 Å². The standard InChI is InChI=1S/C18H22N6O2/c1-11-14(12(2)23(3)22-11)16-13(4-9-26-16)10-21-18(25)15-17-20-6-8-24(17)7-5-19-15/h5-8,13,16H,4,9-10H2,1-3H3,(H,21,25)/t13-,16+/m1/s1. The highest BCUT2D eigenvalue weighted by Gasteiger charge is 2.34. The van der Waals surface area contributed by atoms with Gasteiger partial charge in [-0.25, -0.2) is 9.97 Å². The van der Waals surface area contributed by atoms with Crippen molar-refractivity contribution < 1.29 is 9.53 Å². The zero-order valence-electron chi connectivity index (χ0n) is 15.1. The van der Waals surface area contributed by atoms with Crippen molar-refractivity contribution >= 4 is 11.6 Å². The molecule has 136 valence electrons. The minimum absolute atomic E-state index is 0.0424. The summed E-state index contributed by atoms with van der Waals surface area (Å²) >= 11 is 0. The third-order valence-corrected chi connectivity index (χ3v) is 5.11. The van der Waals surface area contributed by atoms with Crippen molar-refractivity contribution in [3.05, 3.63) is 47.4 Å². The van der Waals surface area contributed by atoms with Gasteiger partial charge in [0.2, 0.25) is 0 Å². The number of ether oxygens (including phenoxy) is 1. The monoisotopic (exact) mass is 354 g/mol. The number of hydrogen-bond donors (Lipinski definition) is 1. The summed E-state index contributed by atoms with van der Waals surface area (Å²) < 4.78 is 9.65. The lowest BCUT2D eigenvalue weighted by Gasteiger charge is -2.19. The van der Waals surface area contributed by atoms with Gasteiger partial charge >= 0.3 is 0 Å². The van der Waals surface area contributed by atoms with E-state index in [0.29, 0.717) is 24.5 Å². The molecule has 0 radical (unpaired) electrons. The molecule has 8 nitrogen and oxygen atoms in total. The van der Waals surface area contributed by atoms with Crippen molar-refractivity contribution in [3.63, 3.8) is 0 Å². The van der Waals surface area contributed by atoms with E-state index in [1.807, 2.05) is 18.7 Å². The van der Waals surface area contributed by atoms with Gasteiger partial charge in [0.05, 0.1) is 11.8 Å². The third-order valence-electron chi connectivity index (χ3n) is 5.11. The first-order valence-corrected chi connectivity index (χ1v) is 8.74. The van der Waals surface area contributed by atoms with Crippen molar-refractivity contribution in [3.8, 4) is 0 Å². The number of nitrogens with zero attached hydrogens (tertiary/aromatic N) is 5. The van der Waals surface area contributed by atoms with Crippen molar-refractivity contribution in [1.82, 2.24) is 29.5 Å². The molecule has 3 aromatic heterocycles. The second-order valence-corrected chi connectivity index (χ2v) is 6.69. The SMILES string of the molecule is Cc1nn(C)c(C)c1[C@H]1OCC[C@@H]1CNC(=O)c1nccn2ccnc12. The van der Waals surface area contributed by atoms with Gasteiger partial charge in [-0.3, -0.25) is 9.48 Å². The second kappa shape index (κ2) is 6.53. The summed E-state index contributed by atoms with van der Waals surface area (Å²) in [6.45, 7) is 5.27. The molecule has 0 aromatic carbocycles. The van der Waals surface area contributed by atoms with Gasteiger partial charge in [0.25, 0.3) is 5.91 Å². The fraction of sp³-hybridized carbons (Fsp3) is 0.444. The third kappa shape index (κ3) is 2.76. The molecule has 1 aliphatic heterocycles. The Hall–Kier alpha value is -2.74. The summed E-state index contributed by atoms with van der Waals surface area (Å²) in [5.74, 6) is -0.00731. The Bertz CT molecular complexity index is 960. The zero-order chi connectivity index (χ0) is 18.3. The molecule has 0 unspecified atom stereocenters. The topological polar surface area (TPSA) is 86.3 Å². The average Bonchev–Trinajstić information content (AvgIpc) is 3.33. The van der Waals surface area contributed by atoms with E-state index in [1.54, 1.807) is 29.2 Å². The minimum Gasteiger partial charge on any atom is -0.373 e. The van der Waals surface area contributed by atoms with Crippen LogP contribution in [0.5, 0.6) is 0 Å². The van der Waals surface area contributed by atoms with E-state index in [9.17, 15) is 4.79 Å². The molecule has 3 aromatic rings. The van der Waals surface area contributed by atoms with Crippen LogP contribution in [0, 0.1) is 19.8 Å². The molecule has 0 spiro atoms. The highest BCUT2D eigenvalue weighted by molar-refractivity contribution is 5.97. The molecule has 1 N–H and O–H groups in total. The fourth-order valence-corrected chi connectivity index (χ4v) is 3.69. The molecule has 4 rings (SSSR count). The summed E-state index contributed by atoms with van der Waals surface area (Å²) in [6, 6.07) is 0. The Morgan fingerprint density at radius 1 is 1.31 bits per heavy atom. The number of aryl methyl sites for hydroxylation is 2. The number of amides is 1. The Morgan fingerprint density at radius 3 is 2.81 bits per heavy atom. The number of rotatable bonds is 4. The van der Waals surface area contributed by atoms with Crippen molar-refractivity contribution in [2.75, 3.05) is 13.2 Å². The first kappa shape index (κ1) is 16.7. The van der Waals surface area contributed by atoms with Crippen LogP contribution in [0.3, 0.4) is 0 Å². The van der Waals surface area contributed by atoms with Crippen LogP contribution >= 0.6 is 0 Å². The van der Waals surface area contributed by atoms with E-state index >= 15 is 0 Å². The van der Waals surface area contributed by atoms with Gasteiger partial charge in [-0.1, -0.05) is 0 Å². The quantitative estimate of drug-likeness (QED) is 0.769. The van der Waals surface area contributed by atoms with Crippen LogP contribution in [0.25, 0.3) is 5.65 Å². The van der Waals surface area contributed by atoms with Gasteiger partial charge < -0.3 is 14.5 Å². The van der Waals surface area contributed by atoms with Crippen molar-refractivity contribution in [2.45, 2.75) is 26.4 Å². The Kier molecular flexibility index (Phi) is 4.20. The number of imidazole rings is 1.